The van der Waals surface area contributed by atoms with Crippen LogP contribution >= 0.6 is 0 Å². The molecule has 0 fully saturated rings. The highest BCUT2D eigenvalue weighted by Gasteiger charge is 2.15. The highest BCUT2D eigenvalue weighted by atomic mass is 15.0. The van der Waals surface area contributed by atoms with Crippen LogP contribution in [0.2, 0.25) is 0 Å². The average Bonchev–Trinajstić information content (AvgIpc) is 2.65. The van der Waals surface area contributed by atoms with E-state index in [1.165, 1.54) is 0 Å². The summed E-state index contributed by atoms with van der Waals surface area (Å²) in [4.78, 5) is 4.60. The normalized spacial score (nSPS) is 11.4. The molecule has 0 saturated heterocycles. The van der Waals surface area contributed by atoms with Gasteiger partial charge in [-0.2, -0.15) is 10.5 Å². The van der Waals surface area contributed by atoms with E-state index in [1.807, 2.05) is 60.7 Å². The Labute approximate surface area is 141 Å². The Bertz CT molecular complexity index is 920. The van der Waals surface area contributed by atoms with Gasteiger partial charge in [0.2, 0.25) is 0 Å². The summed E-state index contributed by atoms with van der Waals surface area (Å²) in [5.41, 5.74) is 2.42. The van der Waals surface area contributed by atoms with Crippen LogP contribution in [0.3, 0.4) is 0 Å². The van der Waals surface area contributed by atoms with Crippen LogP contribution < -0.4 is 5.32 Å². The molecule has 2 aromatic carbocycles. The van der Waals surface area contributed by atoms with Crippen molar-refractivity contribution in [2.75, 3.05) is 5.32 Å². The molecule has 0 unspecified atom stereocenters. The van der Waals surface area contributed by atoms with E-state index in [2.05, 4.69) is 22.4 Å². The fraction of sp³-hybridized carbons (Fsp3) is 0.150. The van der Waals surface area contributed by atoms with Crippen molar-refractivity contribution in [2.45, 2.75) is 18.9 Å². The van der Waals surface area contributed by atoms with Crippen LogP contribution in [0.1, 0.15) is 30.0 Å². The number of fused-ring (bicyclic) bond motifs is 1. The number of nitrogens with one attached hydrogen (secondary N) is 1. The molecule has 0 aliphatic carbocycles. The number of para-hydroxylation sites is 1. The maximum Gasteiger partial charge on any atom is 0.145 e. The highest BCUT2D eigenvalue weighted by molar-refractivity contribution is 5.82. The van der Waals surface area contributed by atoms with Crippen molar-refractivity contribution in [3.8, 4) is 12.1 Å². The van der Waals surface area contributed by atoms with Crippen molar-refractivity contribution in [3.05, 3.63) is 71.8 Å². The van der Waals surface area contributed by atoms with Gasteiger partial charge in [-0.05, 0) is 24.1 Å². The van der Waals surface area contributed by atoms with Gasteiger partial charge in [0.05, 0.1) is 23.2 Å². The maximum atomic E-state index is 9.46. The molecule has 4 heteroatoms. The van der Waals surface area contributed by atoms with E-state index >= 15 is 0 Å². The summed E-state index contributed by atoms with van der Waals surface area (Å²) in [5, 5.41) is 22.7. The van der Waals surface area contributed by atoms with Crippen molar-refractivity contribution in [1.82, 2.24) is 4.98 Å². The first-order chi connectivity index (χ1) is 11.8. The van der Waals surface area contributed by atoms with Crippen molar-refractivity contribution in [2.24, 2.45) is 0 Å². The van der Waals surface area contributed by atoms with Gasteiger partial charge in [-0.25, -0.2) is 4.98 Å². The molecule has 0 aliphatic heterocycles. The van der Waals surface area contributed by atoms with E-state index in [4.69, 9.17) is 5.26 Å². The van der Waals surface area contributed by atoms with Gasteiger partial charge in [-0.1, -0.05) is 48.5 Å². The SMILES string of the molecule is N#CCC[C@@H](Nc1nc2ccccc2cc1C#N)c1ccccc1. The molecular formula is C20H16N4. The minimum atomic E-state index is -0.0633. The van der Waals surface area contributed by atoms with Gasteiger partial charge >= 0.3 is 0 Å². The van der Waals surface area contributed by atoms with Crippen molar-refractivity contribution in [3.63, 3.8) is 0 Å². The zero-order chi connectivity index (χ0) is 16.8. The van der Waals surface area contributed by atoms with Gasteiger partial charge in [0.1, 0.15) is 11.9 Å². The summed E-state index contributed by atoms with van der Waals surface area (Å²) in [5.74, 6) is 0.558. The topological polar surface area (TPSA) is 72.5 Å². The van der Waals surface area contributed by atoms with E-state index in [0.29, 0.717) is 24.2 Å². The molecule has 0 amide bonds. The summed E-state index contributed by atoms with van der Waals surface area (Å²) in [6.45, 7) is 0. The van der Waals surface area contributed by atoms with Crippen LogP contribution in [-0.2, 0) is 0 Å². The number of anilines is 1. The van der Waals surface area contributed by atoms with Gasteiger partial charge in [-0.3, -0.25) is 0 Å². The number of nitriles is 2. The Kier molecular flexibility index (Phi) is 4.70. The van der Waals surface area contributed by atoms with E-state index in [-0.39, 0.29) is 6.04 Å². The Morgan fingerprint density at radius 1 is 1.00 bits per heavy atom. The van der Waals surface area contributed by atoms with Crippen LogP contribution in [0, 0.1) is 22.7 Å². The number of pyridine rings is 1. The zero-order valence-electron chi connectivity index (χ0n) is 13.1. The lowest BCUT2D eigenvalue weighted by atomic mass is 10.0. The third kappa shape index (κ3) is 3.34. The molecule has 1 N–H and O–H groups in total. The van der Waals surface area contributed by atoms with Gasteiger partial charge in [0, 0.05) is 11.8 Å². The molecule has 0 saturated carbocycles. The second kappa shape index (κ2) is 7.26. The van der Waals surface area contributed by atoms with Crippen LogP contribution in [0.4, 0.5) is 5.82 Å². The van der Waals surface area contributed by atoms with Crippen molar-refractivity contribution >= 4 is 16.7 Å². The molecule has 3 aromatic rings. The third-order valence-corrected chi connectivity index (χ3v) is 3.90. The molecule has 0 bridgehead atoms. The molecule has 1 aromatic heterocycles. The van der Waals surface area contributed by atoms with Gasteiger partial charge in [0.25, 0.3) is 0 Å². The lowest BCUT2D eigenvalue weighted by Crippen LogP contribution is -2.13. The third-order valence-electron chi connectivity index (χ3n) is 3.90. The Morgan fingerprint density at radius 2 is 1.75 bits per heavy atom. The number of rotatable bonds is 5. The van der Waals surface area contributed by atoms with E-state index < -0.39 is 0 Å². The molecular weight excluding hydrogens is 296 g/mol. The smallest absolute Gasteiger partial charge is 0.145 e. The van der Waals surface area contributed by atoms with E-state index in [1.54, 1.807) is 0 Å². The monoisotopic (exact) mass is 312 g/mol. The summed E-state index contributed by atoms with van der Waals surface area (Å²) >= 11 is 0. The lowest BCUT2D eigenvalue weighted by Gasteiger charge is -2.20. The first kappa shape index (κ1) is 15.5. The molecule has 4 nitrogen and oxygen atoms in total. The van der Waals surface area contributed by atoms with Crippen molar-refractivity contribution in [1.29, 1.82) is 10.5 Å². The molecule has 0 radical (unpaired) electrons. The number of nitrogens with zero attached hydrogens (tertiary/aromatic N) is 3. The fourth-order valence-electron chi connectivity index (χ4n) is 2.69. The van der Waals surface area contributed by atoms with Gasteiger partial charge in [0.15, 0.2) is 0 Å². The molecule has 3 rings (SSSR count). The van der Waals surface area contributed by atoms with Crippen LogP contribution in [-0.4, -0.2) is 4.98 Å². The minimum Gasteiger partial charge on any atom is -0.362 e. The lowest BCUT2D eigenvalue weighted by molar-refractivity contribution is 0.706. The average molecular weight is 312 g/mol. The van der Waals surface area contributed by atoms with E-state index in [9.17, 15) is 5.26 Å². The molecule has 1 atom stereocenters. The maximum absolute atomic E-state index is 9.46. The van der Waals surface area contributed by atoms with Crippen LogP contribution in [0.15, 0.2) is 60.7 Å². The summed E-state index contributed by atoms with van der Waals surface area (Å²) in [6, 6.07) is 23.8. The highest BCUT2D eigenvalue weighted by Crippen LogP contribution is 2.26. The summed E-state index contributed by atoms with van der Waals surface area (Å²) in [6.07, 6.45) is 1.09. The second-order valence-corrected chi connectivity index (χ2v) is 5.49. The van der Waals surface area contributed by atoms with Gasteiger partial charge < -0.3 is 5.32 Å². The predicted molar refractivity (Wildman–Crippen MR) is 94.1 cm³/mol. The van der Waals surface area contributed by atoms with Crippen LogP contribution in [0.25, 0.3) is 10.9 Å². The second-order valence-electron chi connectivity index (χ2n) is 5.49. The molecule has 0 aliphatic rings. The van der Waals surface area contributed by atoms with Gasteiger partial charge in [-0.15, -0.1) is 0 Å². The Balaban J connectivity index is 1.98. The zero-order valence-corrected chi connectivity index (χ0v) is 13.1. The molecule has 1 heterocycles. The standard InChI is InChI=1S/C20H16N4/c21-12-6-11-18(15-7-2-1-3-8-15)23-20-17(14-22)13-16-9-4-5-10-19(16)24-20/h1-5,7-10,13,18H,6,11H2,(H,23,24)/t18-/m1/s1. The van der Waals surface area contributed by atoms with Crippen molar-refractivity contribution < 1.29 is 0 Å². The number of hydrogen-bond acceptors (Lipinski definition) is 4. The minimum absolute atomic E-state index is 0.0633. The fourth-order valence-corrected chi connectivity index (χ4v) is 2.69. The number of aromatic nitrogens is 1. The number of hydrogen-bond donors (Lipinski definition) is 1. The molecule has 0 spiro atoms. The summed E-state index contributed by atoms with van der Waals surface area (Å²) < 4.78 is 0. The number of benzene rings is 2. The summed E-state index contributed by atoms with van der Waals surface area (Å²) in [7, 11) is 0. The Morgan fingerprint density at radius 3 is 2.50 bits per heavy atom. The first-order valence-electron chi connectivity index (χ1n) is 7.80. The van der Waals surface area contributed by atoms with Crippen LogP contribution in [0.5, 0.6) is 0 Å². The predicted octanol–water partition coefficient (Wildman–Crippen LogP) is 4.56. The quantitative estimate of drug-likeness (QED) is 0.749. The molecule has 116 valence electrons. The Hall–Kier alpha value is -3.37. The first-order valence-corrected chi connectivity index (χ1v) is 7.80. The molecule has 24 heavy (non-hydrogen) atoms. The van der Waals surface area contributed by atoms with E-state index in [0.717, 1.165) is 16.5 Å². The largest absolute Gasteiger partial charge is 0.362 e.